The summed E-state index contributed by atoms with van der Waals surface area (Å²) in [7, 11) is 0. The molecule has 0 amide bonds. The molecular formula is C17H16O3. The van der Waals surface area contributed by atoms with Crippen molar-refractivity contribution in [3.8, 4) is 11.1 Å². The molecule has 0 radical (unpaired) electrons. The van der Waals surface area contributed by atoms with Gasteiger partial charge in [0.05, 0.1) is 6.10 Å². The highest BCUT2D eigenvalue weighted by Gasteiger charge is 2.19. The Bertz CT molecular complexity index is 661. The van der Waals surface area contributed by atoms with Crippen molar-refractivity contribution in [1.82, 2.24) is 0 Å². The van der Waals surface area contributed by atoms with Gasteiger partial charge in [-0.25, -0.2) is 0 Å². The second-order valence-electron chi connectivity index (χ2n) is 5.20. The smallest absolute Gasteiger partial charge is 0.303 e. The summed E-state index contributed by atoms with van der Waals surface area (Å²) in [6.45, 7) is 0. The fraction of sp³-hybridized carbons (Fsp3) is 0.235. The van der Waals surface area contributed by atoms with Gasteiger partial charge in [-0.3, -0.25) is 4.79 Å². The van der Waals surface area contributed by atoms with Crippen LogP contribution < -0.4 is 0 Å². The van der Waals surface area contributed by atoms with Gasteiger partial charge in [0.25, 0.3) is 0 Å². The minimum Gasteiger partial charge on any atom is -0.481 e. The summed E-state index contributed by atoms with van der Waals surface area (Å²) < 4.78 is 0. The Balaban J connectivity index is 1.89. The lowest BCUT2D eigenvalue weighted by molar-refractivity contribution is -0.137. The van der Waals surface area contributed by atoms with Gasteiger partial charge in [-0.1, -0.05) is 36.4 Å². The lowest BCUT2D eigenvalue weighted by atomic mass is 9.98. The highest BCUT2D eigenvalue weighted by Crippen LogP contribution is 2.38. The first-order valence-corrected chi connectivity index (χ1v) is 6.76. The minimum absolute atomic E-state index is 0.0190. The number of fused-ring (bicyclic) bond motifs is 3. The van der Waals surface area contributed by atoms with Crippen LogP contribution in [-0.2, 0) is 11.2 Å². The Kier molecular flexibility index (Phi) is 3.28. The maximum absolute atomic E-state index is 10.6. The number of aliphatic hydroxyl groups is 1. The monoisotopic (exact) mass is 268 g/mol. The van der Waals surface area contributed by atoms with Crippen molar-refractivity contribution in [3.05, 3.63) is 59.2 Å². The van der Waals surface area contributed by atoms with Crippen LogP contribution in [0.5, 0.6) is 0 Å². The Morgan fingerprint density at radius 2 is 1.85 bits per heavy atom. The molecule has 3 heteroatoms. The van der Waals surface area contributed by atoms with Crippen molar-refractivity contribution in [2.75, 3.05) is 0 Å². The highest BCUT2D eigenvalue weighted by molar-refractivity contribution is 5.77. The molecule has 0 bridgehead atoms. The van der Waals surface area contributed by atoms with Gasteiger partial charge in [-0.05, 0) is 46.7 Å². The largest absolute Gasteiger partial charge is 0.481 e. The molecule has 3 nitrogen and oxygen atoms in total. The zero-order valence-corrected chi connectivity index (χ0v) is 11.0. The van der Waals surface area contributed by atoms with Crippen molar-refractivity contribution in [3.63, 3.8) is 0 Å². The Hall–Kier alpha value is -2.13. The molecule has 2 N–H and O–H groups in total. The summed E-state index contributed by atoms with van der Waals surface area (Å²) in [6.07, 6.45) is 0.436. The van der Waals surface area contributed by atoms with Crippen LogP contribution in [0, 0.1) is 0 Å². The molecule has 1 atom stereocenters. The van der Waals surface area contributed by atoms with E-state index in [9.17, 15) is 9.90 Å². The van der Waals surface area contributed by atoms with E-state index in [1.165, 1.54) is 16.7 Å². The van der Waals surface area contributed by atoms with Crippen molar-refractivity contribution in [2.24, 2.45) is 0 Å². The number of rotatable bonds is 4. The van der Waals surface area contributed by atoms with Gasteiger partial charge in [-0.2, -0.15) is 0 Å². The fourth-order valence-corrected chi connectivity index (χ4v) is 2.78. The van der Waals surface area contributed by atoms with Crippen LogP contribution in [0.2, 0.25) is 0 Å². The van der Waals surface area contributed by atoms with Gasteiger partial charge in [0.1, 0.15) is 0 Å². The average Bonchev–Trinajstić information content (AvgIpc) is 2.82. The molecule has 0 spiro atoms. The van der Waals surface area contributed by atoms with Crippen LogP contribution in [0.4, 0.5) is 0 Å². The second kappa shape index (κ2) is 5.10. The van der Waals surface area contributed by atoms with Crippen molar-refractivity contribution in [2.45, 2.75) is 25.4 Å². The molecule has 1 aliphatic rings. The summed E-state index contributed by atoms with van der Waals surface area (Å²) in [5.41, 5.74) is 5.74. The van der Waals surface area contributed by atoms with Gasteiger partial charge in [-0.15, -0.1) is 0 Å². The van der Waals surface area contributed by atoms with E-state index in [2.05, 4.69) is 12.1 Å². The molecule has 0 fully saturated rings. The van der Waals surface area contributed by atoms with Crippen LogP contribution in [0.3, 0.4) is 0 Å². The molecule has 0 heterocycles. The van der Waals surface area contributed by atoms with Crippen molar-refractivity contribution >= 4 is 5.97 Å². The molecule has 0 aromatic heterocycles. The van der Waals surface area contributed by atoms with Crippen molar-refractivity contribution in [1.29, 1.82) is 0 Å². The van der Waals surface area contributed by atoms with E-state index in [-0.39, 0.29) is 12.8 Å². The zero-order valence-electron chi connectivity index (χ0n) is 11.0. The molecule has 1 unspecified atom stereocenters. The SMILES string of the molecule is O=C(O)CCC(O)c1ccc2c(c1)-c1ccccc1C2. The third-order valence-electron chi connectivity index (χ3n) is 3.84. The van der Waals surface area contributed by atoms with E-state index in [1.807, 2.05) is 30.3 Å². The third kappa shape index (κ3) is 2.32. The number of hydrogen-bond acceptors (Lipinski definition) is 2. The van der Waals surface area contributed by atoms with Gasteiger partial charge >= 0.3 is 5.97 Å². The molecule has 2 aromatic carbocycles. The predicted molar refractivity (Wildman–Crippen MR) is 76.5 cm³/mol. The first-order chi connectivity index (χ1) is 9.65. The summed E-state index contributed by atoms with van der Waals surface area (Å²) in [5, 5.41) is 18.8. The molecule has 0 saturated carbocycles. The molecule has 0 saturated heterocycles. The number of carboxylic acids is 1. The minimum atomic E-state index is -0.879. The summed E-state index contributed by atoms with van der Waals surface area (Å²) in [5.74, 6) is -0.879. The predicted octanol–water partition coefficient (Wildman–Crippen LogP) is 3.16. The van der Waals surface area contributed by atoms with Crippen LogP contribution >= 0.6 is 0 Å². The Morgan fingerprint density at radius 1 is 1.10 bits per heavy atom. The summed E-state index contributed by atoms with van der Waals surface area (Å²) >= 11 is 0. The number of benzene rings is 2. The van der Waals surface area contributed by atoms with E-state index >= 15 is 0 Å². The van der Waals surface area contributed by atoms with Crippen LogP contribution in [-0.4, -0.2) is 16.2 Å². The molecule has 0 aliphatic heterocycles. The maximum atomic E-state index is 10.6. The standard InChI is InChI=1S/C17H16O3/c18-16(7-8-17(19)20)13-6-5-12-9-11-3-1-2-4-14(11)15(12)10-13/h1-6,10,16,18H,7-9H2,(H,19,20). The quantitative estimate of drug-likeness (QED) is 0.764. The highest BCUT2D eigenvalue weighted by atomic mass is 16.4. The maximum Gasteiger partial charge on any atom is 0.303 e. The lowest BCUT2D eigenvalue weighted by Gasteiger charge is -2.11. The first kappa shape index (κ1) is 12.9. The Labute approximate surface area is 117 Å². The average molecular weight is 268 g/mol. The normalized spacial score (nSPS) is 13.7. The third-order valence-corrected chi connectivity index (χ3v) is 3.84. The van der Waals surface area contributed by atoms with Gasteiger partial charge in [0.15, 0.2) is 0 Å². The molecule has 1 aliphatic carbocycles. The summed E-state index contributed by atoms with van der Waals surface area (Å²) in [4.78, 5) is 10.6. The van der Waals surface area contributed by atoms with E-state index in [0.29, 0.717) is 0 Å². The van der Waals surface area contributed by atoms with E-state index in [1.54, 1.807) is 0 Å². The second-order valence-corrected chi connectivity index (χ2v) is 5.20. The first-order valence-electron chi connectivity index (χ1n) is 6.76. The number of aliphatic carboxylic acids is 1. The molecule has 3 rings (SSSR count). The van der Waals surface area contributed by atoms with Gasteiger partial charge in [0, 0.05) is 6.42 Å². The number of aliphatic hydroxyl groups excluding tert-OH is 1. The number of hydrogen-bond donors (Lipinski definition) is 2. The molecular weight excluding hydrogens is 252 g/mol. The molecule has 2 aromatic rings. The lowest BCUT2D eigenvalue weighted by Crippen LogP contribution is -2.02. The van der Waals surface area contributed by atoms with E-state index in [4.69, 9.17) is 5.11 Å². The van der Waals surface area contributed by atoms with Gasteiger partial charge < -0.3 is 10.2 Å². The fourth-order valence-electron chi connectivity index (χ4n) is 2.78. The topological polar surface area (TPSA) is 57.5 Å². The van der Waals surface area contributed by atoms with Crippen LogP contribution in [0.25, 0.3) is 11.1 Å². The number of carboxylic acid groups (broad SMARTS) is 1. The molecule has 20 heavy (non-hydrogen) atoms. The Morgan fingerprint density at radius 3 is 2.65 bits per heavy atom. The van der Waals surface area contributed by atoms with E-state index < -0.39 is 12.1 Å². The zero-order chi connectivity index (χ0) is 14.1. The summed E-state index contributed by atoms with van der Waals surface area (Å²) in [6, 6.07) is 14.2. The van der Waals surface area contributed by atoms with E-state index in [0.717, 1.165) is 17.5 Å². The molecule has 102 valence electrons. The number of carbonyl (C=O) groups is 1. The van der Waals surface area contributed by atoms with Crippen LogP contribution in [0.15, 0.2) is 42.5 Å². The van der Waals surface area contributed by atoms with Gasteiger partial charge in [0.2, 0.25) is 0 Å². The van der Waals surface area contributed by atoms with Crippen LogP contribution in [0.1, 0.15) is 35.6 Å². The van der Waals surface area contributed by atoms with Crippen molar-refractivity contribution < 1.29 is 15.0 Å².